The van der Waals surface area contributed by atoms with E-state index < -0.39 is 24.0 Å². The molecular weight excluding hydrogens is 496 g/mol. The number of rotatable bonds is 13. The van der Waals surface area contributed by atoms with Crippen LogP contribution in [-0.4, -0.2) is 56.3 Å². The lowest BCUT2D eigenvalue weighted by molar-refractivity contribution is -0.156. The standard InChI is InChI=1S/C28H36O10/c1-18(2)26(31)37-19(3)17-36-25(30)14-13-24(29)35-16-15-20-5-11-23(12-6-20)38-28(33)22-9-7-21(8-10-22)27(32)34-4/h5-6,11-12,19,21-22H,1,7-10,13-17H2,2-4H3. The van der Waals surface area contributed by atoms with Crippen molar-refractivity contribution in [2.75, 3.05) is 20.3 Å². The van der Waals surface area contributed by atoms with Gasteiger partial charge in [-0.15, -0.1) is 0 Å². The van der Waals surface area contributed by atoms with Gasteiger partial charge >= 0.3 is 29.8 Å². The summed E-state index contributed by atoms with van der Waals surface area (Å²) in [6, 6.07) is 6.92. The van der Waals surface area contributed by atoms with Crippen molar-refractivity contribution >= 4 is 29.8 Å². The number of esters is 5. The minimum absolute atomic E-state index is 0.116. The molecular formula is C28H36O10. The molecule has 0 spiro atoms. The van der Waals surface area contributed by atoms with Gasteiger partial charge in [0.25, 0.3) is 0 Å². The molecule has 10 heteroatoms. The van der Waals surface area contributed by atoms with Crippen molar-refractivity contribution in [2.45, 2.75) is 64.9 Å². The van der Waals surface area contributed by atoms with Crippen LogP contribution in [0.1, 0.15) is 57.9 Å². The summed E-state index contributed by atoms with van der Waals surface area (Å²) in [5.74, 6) is -2.20. The predicted octanol–water partition coefficient (Wildman–Crippen LogP) is 3.49. The molecule has 10 nitrogen and oxygen atoms in total. The lowest BCUT2D eigenvalue weighted by Crippen LogP contribution is -2.29. The van der Waals surface area contributed by atoms with E-state index in [1.165, 1.54) is 14.0 Å². The van der Waals surface area contributed by atoms with Crippen molar-refractivity contribution in [3.05, 3.63) is 42.0 Å². The Morgan fingerprint density at radius 2 is 1.45 bits per heavy atom. The third-order valence-corrected chi connectivity index (χ3v) is 6.06. The van der Waals surface area contributed by atoms with Crippen LogP contribution >= 0.6 is 0 Å². The fourth-order valence-corrected chi connectivity index (χ4v) is 3.81. The third-order valence-electron chi connectivity index (χ3n) is 6.06. The van der Waals surface area contributed by atoms with Crippen molar-refractivity contribution in [1.82, 2.24) is 0 Å². The zero-order valence-corrected chi connectivity index (χ0v) is 22.2. The lowest BCUT2D eigenvalue weighted by atomic mass is 9.82. The van der Waals surface area contributed by atoms with Crippen LogP contribution in [0.3, 0.4) is 0 Å². The van der Waals surface area contributed by atoms with Gasteiger partial charge in [-0.3, -0.25) is 19.2 Å². The molecule has 0 heterocycles. The van der Waals surface area contributed by atoms with E-state index in [0.29, 0.717) is 37.9 Å². The van der Waals surface area contributed by atoms with Crippen LogP contribution < -0.4 is 4.74 Å². The fourth-order valence-electron chi connectivity index (χ4n) is 3.81. The van der Waals surface area contributed by atoms with E-state index in [2.05, 4.69) is 6.58 Å². The molecule has 1 aliphatic rings. The maximum atomic E-state index is 12.4. The molecule has 1 aliphatic carbocycles. The summed E-state index contributed by atoms with van der Waals surface area (Å²) in [5, 5.41) is 0. The van der Waals surface area contributed by atoms with Gasteiger partial charge in [0.15, 0.2) is 0 Å². The van der Waals surface area contributed by atoms with Gasteiger partial charge in [0, 0.05) is 12.0 Å². The molecule has 0 amide bonds. The van der Waals surface area contributed by atoms with Crippen LogP contribution in [0.5, 0.6) is 5.75 Å². The largest absolute Gasteiger partial charge is 0.469 e. The second-order valence-corrected chi connectivity index (χ2v) is 9.29. The summed E-state index contributed by atoms with van der Waals surface area (Å²) < 4.78 is 25.4. The van der Waals surface area contributed by atoms with Crippen molar-refractivity contribution in [3.8, 4) is 5.75 Å². The summed E-state index contributed by atoms with van der Waals surface area (Å²) in [7, 11) is 1.37. The quantitative estimate of drug-likeness (QED) is 0.161. The molecule has 0 aliphatic heterocycles. The van der Waals surface area contributed by atoms with Crippen LogP contribution in [0.2, 0.25) is 0 Å². The highest BCUT2D eigenvalue weighted by molar-refractivity contribution is 5.87. The molecule has 0 radical (unpaired) electrons. The summed E-state index contributed by atoms with van der Waals surface area (Å²) in [5.41, 5.74) is 1.13. The molecule has 1 aromatic rings. The molecule has 1 fully saturated rings. The average molecular weight is 533 g/mol. The first-order valence-electron chi connectivity index (χ1n) is 12.6. The Balaban J connectivity index is 1.62. The maximum Gasteiger partial charge on any atom is 0.333 e. The smallest absolute Gasteiger partial charge is 0.333 e. The summed E-state index contributed by atoms with van der Waals surface area (Å²) in [6.07, 6.45) is 1.94. The predicted molar refractivity (Wildman–Crippen MR) is 135 cm³/mol. The van der Waals surface area contributed by atoms with Crippen molar-refractivity contribution in [3.63, 3.8) is 0 Å². The SMILES string of the molecule is C=C(C)C(=O)OC(C)COC(=O)CCC(=O)OCCc1ccc(OC(=O)C2CCC(C(=O)OC)CC2)cc1. The van der Waals surface area contributed by atoms with E-state index in [1.54, 1.807) is 31.2 Å². The van der Waals surface area contributed by atoms with Gasteiger partial charge in [-0.05, 0) is 57.2 Å². The van der Waals surface area contributed by atoms with Crippen molar-refractivity contribution in [2.24, 2.45) is 11.8 Å². The summed E-state index contributed by atoms with van der Waals surface area (Å²) in [6.45, 7) is 6.58. The maximum absolute atomic E-state index is 12.4. The number of methoxy groups -OCH3 is 1. The van der Waals surface area contributed by atoms with Crippen LogP contribution in [-0.2, 0) is 49.3 Å². The monoisotopic (exact) mass is 532 g/mol. The minimum atomic E-state index is -0.627. The zero-order valence-electron chi connectivity index (χ0n) is 22.2. The van der Waals surface area contributed by atoms with Crippen LogP contribution in [0, 0.1) is 11.8 Å². The minimum Gasteiger partial charge on any atom is -0.469 e. The van der Waals surface area contributed by atoms with E-state index in [-0.39, 0.29) is 55.4 Å². The number of ether oxygens (including phenoxy) is 5. The van der Waals surface area contributed by atoms with E-state index in [0.717, 1.165) is 5.56 Å². The average Bonchev–Trinajstić information content (AvgIpc) is 2.91. The lowest BCUT2D eigenvalue weighted by Gasteiger charge is -2.25. The van der Waals surface area contributed by atoms with E-state index in [4.69, 9.17) is 23.7 Å². The molecule has 1 unspecified atom stereocenters. The molecule has 0 saturated heterocycles. The van der Waals surface area contributed by atoms with Gasteiger partial charge in [0.2, 0.25) is 0 Å². The van der Waals surface area contributed by atoms with Gasteiger partial charge in [-0.1, -0.05) is 18.7 Å². The Kier molecular flexibility index (Phi) is 12.5. The summed E-state index contributed by atoms with van der Waals surface area (Å²) >= 11 is 0. The molecule has 1 saturated carbocycles. The number of carbonyl (C=O) groups is 5. The van der Waals surface area contributed by atoms with Gasteiger partial charge in [-0.25, -0.2) is 4.79 Å². The number of benzene rings is 1. The Labute approximate surface area is 222 Å². The second kappa shape index (κ2) is 15.5. The van der Waals surface area contributed by atoms with E-state index in [1.807, 2.05) is 0 Å². The number of carbonyl (C=O) groups excluding carboxylic acids is 5. The Bertz CT molecular complexity index is 989. The first-order chi connectivity index (χ1) is 18.1. The van der Waals surface area contributed by atoms with Gasteiger partial charge in [0.1, 0.15) is 18.5 Å². The van der Waals surface area contributed by atoms with Crippen LogP contribution in [0.4, 0.5) is 0 Å². The molecule has 0 aromatic heterocycles. The van der Waals surface area contributed by atoms with Gasteiger partial charge < -0.3 is 23.7 Å². The Hall–Kier alpha value is -3.69. The highest BCUT2D eigenvalue weighted by atomic mass is 16.6. The van der Waals surface area contributed by atoms with Crippen LogP contribution in [0.25, 0.3) is 0 Å². The highest BCUT2D eigenvalue weighted by Crippen LogP contribution is 2.30. The van der Waals surface area contributed by atoms with Gasteiger partial charge in [-0.2, -0.15) is 0 Å². The van der Waals surface area contributed by atoms with Gasteiger partial charge in [0.05, 0.1) is 38.4 Å². The number of hydrogen-bond donors (Lipinski definition) is 0. The molecule has 0 bridgehead atoms. The summed E-state index contributed by atoms with van der Waals surface area (Å²) in [4.78, 5) is 59.2. The van der Waals surface area contributed by atoms with E-state index >= 15 is 0 Å². The fraction of sp³-hybridized carbons (Fsp3) is 0.536. The number of hydrogen-bond acceptors (Lipinski definition) is 10. The Morgan fingerprint density at radius 3 is 2.00 bits per heavy atom. The normalized spacial score (nSPS) is 17.4. The van der Waals surface area contributed by atoms with Crippen molar-refractivity contribution < 1.29 is 47.7 Å². The highest BCUT2D eigenvalue weighted by Gasteiger charge is 2.31. The topological polar surface area (TPSA) is 132 Å². The zero-order chi connectivity index (χ0) is 28.1. The molecule has 0 N–H and O–H groups in total. The molecule has 38 heavy (non-hydrogen) atoms. The second-order valence-electron chi connectivity index (χ2n) is 9.29. The molecule has 208 valence electrons. The Morgan fingerprint density at radius 1 is 0.895 bits per heavy atom. The van der Waals surface area contributed by atoms with Crippen molar-refractivity contribution in [1.29, 1.82) is 0 Å². The van der Waals surface area contributed by atoms with E-state index in [9.17, 15) is 24.0 Å². The first-order valence-corrected chi connectivity index (χ1v) is 12.6. The van der Waals surface area contributed by atoms with Crippen LogP contribution in [0.15, 0.2) is 36.4 Å². The first kappa shape index (κ1) is 30.5. The molecule has 1 aromatic carbocycles. The third kappa shape index (κ3) is 10.7. The molecule has 1 atom stereocenters. The molecule has 2 rings (SSSR count).